The van der Waals surface area contributed by atoms with Crippen molar-refractivity contribution in [1.29, 1.82) is 0 Å². The number of hydrogen-bond donors (Lipinski definition) is 0. The van der Waals surface area contributed by atoms with E-state index in [1.807, 2.05) is 62.4 Å². The number of ether oxygens (including phenoxy) is 3. The van der Waals surface area contributed by atoms with Crippen LogP contribution in [0.25, 0.3) is 0 Å². The van der Waals surface area contributed by atoms with Gasteiger partial charge in [0.25, 0.3) is 0 Å². The fraction of sp³-hybridized carbons (Fsp3) is 0.458. The molecule has 1 fully saturated rings. The van der Waals surface area contributed by atoms with E-state index in [0.29, 0.717) is 13.2 Å². The van der Waals surface area contributed by atoms with Crippen LogP contribution in [0.15, 0.2) is 60.7 Å². The third-order valence-electron chi connectivity index (χ3n) is 5.25. The lowest BCUT2D eigenvalue weighted by molar-refractivity contribution is -0.171. The predicted molar refractivity (Wildman–Crippen MR) is 109 cm³/mol. The van der Waals surface area contributed by atoms with Crippen LogP contribution in [-0.4, -0.2) is 24.3 Å². The minimum atomic E-state index is -0.363. The molecule has 2 aromatic rings. The van der Waals surface area contributed by atoms with Crippen molar-refractivity contribution in [2.75, 3.05) is 0 Å². The molecule has 150 valence electrons. The summed E-state index contributed by atoms with van der Waals surface area (Å²) >= 11 is 0. The fourth-order valence-corrected chi connectivity index (χ4v) is 3.54. The van der Waals surface area contributed by atoms with Crippen LogP contribution in [0.2, 0.25) is 0 Å². The first-order valence-corrected chi connectivity index (χ1v) is 10.1. The van der Waals surface area contributed by atoms with Gasteiger partial charge in [-0.2, -0.15) is 0 Å². The second kappa shape index (κ2) is 10.4. The van der Waals surface area contributed by atoms with E-state index in [1.54, 1.807) is 0 Å². The number of carbonyl (C=O) groups excluding carboxylic acids is 1. The third kappa shape index (κ3) is 5.91. The van der Waals surface area contributed by atoms with Crippen molar-refractivity contribution < 1.29 is 19.0 Å². The van der Waals surface area contributed by atoms with Crippen LogP contribution in [-0.2, 0) is 32.2 Å². The molecule has 0 bridgehead atoms. The van der Waals surface area contributed by atoms with Crippen molar-refractivity contribution in [3.05, 3.63) is 71.8 Å². The van der Waals surface area contributed by atoms with Gasteiger partial charge in [-0.3, -0.25) is 4.79 Å². The molecule has 4 atom stereocenters. The Morgan fingerprint density at radius 1 is 0.857 bits per heavy atom. The van der Waals surface area contributed by atoms with Crippen LogP contribution >= 0.6 is 0 Å². The molecule has 28 heavy (non-hydrogen) atoms. The molecular weight excluding hydrogens is 352 g/mol. The molecule has 1 saturated heterocycles. The second-order valence-electron chi connectivity index (χ2n) is 7.57. The average Bonchev–Trinajstić information content (AvgIpc) is 2.76. The molecule has 0 N–H and O–H groups in total. The van der Waals surface area contributed by atoms with E-state index in [-0.39, 0.29) is 30.2 Å². The second-order valence-corrected chi connectivity index (χ2v) is 7.57. The molecule has 0 aromatic heterocycles. The quantitative estimate of drug-likeness (QED) is 0.666. The predicted octanol–water partition coefficient (Wildman–Crippen LogP) is 4.91. The minimum Gasteiger partial charge on any atom is -0.460 e. The molecule has 4 nitrogen and oxygen atoms in total. The average molecular weight is 383 g/mol. The summed E-state index contributed by atoms with van der Waals surface area (Å²) in [6, 6.07) is 20.2. The monoisotopic (exact) mass is 382 g/mol. The van der Waals surface area contributed by atoms with Crippen LogP contribution in [0, 0.1) is 5.92 Å². The number of cyclic esters (lactones) is 1. The van der Waals surface area contributed by atoms with E-state index in [1.165, 1.54) is 0 Å². The molecule has 1 unspecified atom stereocenters. The van der Waals surface area contributed by atoms with E-state index in [0.717, 1.165) is 30.4 Å². The summed E-state index contributed by atoms with van der Waals surface area (Å²) in [4.78, 5) is 12.3. The van der Waals surface area contributed by atoms with Crippen molar-refractivity contribution in [3.8, 4) is 0 Å². The molecule has 1 aliphatic rings. The Balaban J connectivity index is 1.72. The number of benzene rings is 2. The molecule has 0 aliphatic carbocycles. The van der Waals surface area contributed by atoms with Gasteiger partial charge in [0.2, 0.25) is 0 Å². The molecule has 0 spiro atoms. The lowest BCUT2D eigenvalue weighted by Gasteiger charge is -2.31. The first kappa shape index (κ1) is 20.6. The van der Waals surface area contributed by atoms with E-state index in [2.05, 4.69) is 12.1 Å². The Kier molecular flexibility index (Phi) is 7.63. The molecule has 4 heteroatoms. The Bertz CT molecular complexity index is 716. The Morgan fingerprint density at radius 3 is 2.04 bits per heavy atom. The van der Waals surface area contributed by atoms with Crippen molar-refractivity contribution in [2.24, 2.45) is 5.92 Å². The van der Waals surface area contributed by atoms with Crippen LogP contribution in [0.3, 0.4) is 0 Å². The highest BCUT2D eigenvalue weighted by Crippen LogP contribution is 2.25. The fourth-order valence-electron chi connectivity index (χ4n) is 3.54. The third-order valence-corrected chi connectivity index (χ3v) is 5.25. The van der Waals surface area contributed by atoms with Gasteiger partial charge in [-0.15, -0.1) is 0 Å². The normalized spacial score (nSPS) is 26.0. The number of esters is 1. The number of carbonyl (C=O) groups is 1. The Hall–Kier alpha value is -2.17. The molecule has 3 rings (SSSR count). The van der Waals surface area contributed by atoms with Gasteiger partial charge in [0, 0.05) is 0 Å². The summed E-state index contributed by atoms with van der Waals surface area (Å²) in [5, 5.41) is 0. The van der Waals surface area contributed by atoms with E-state index < -0.39 is 0 Å². The molecule has 2 aromatic carbocycles. The molecule has 0 amide bonds. The topological polar surface area (TPSA) is 44.8 Å². The molecule has 0 radical (unpaired) electrons. The highest BCUT2D eigenvalue weighted by molar-refractivity contribution is 5.72. The highest BCUT2D eigenvalue weighted by atomic mass is 16.6. The molecule has 1 heterocycles. The van der Waals surface area contributed by atoms with Crippen LogP contribution in [0.1, 0.15) is 44.2 Å². The zero-order chi connectivity index (χ0) is 19.8. The SMILES string of the molecule is CC1CCC[C@H](OCc2ccccc2)[C@@H](OCc2ccccc2)[C@H](C)OC1=O. The zero-order valence-electron chi connectivity index (χ0n) is 16.8. The molecule has 0 saturated carbocycles. The smallest absolute Gasteiger partial charge is 0.309 e. The number of hydrogen-bond acceptors (Lipinski definition) is 4. The van der Waals surface area contributed by atoms with Gasteiger partial charge in [-0.25, -0.2) is 0 Å². The standard InChI is InChI=1S/C24H30O4/c1-18-10-9-15-22(26-16-20-11-5-3-6-12-20)23(19(2)28-24(18)25)27-17-21-13-7-4-8-14-21/h3-8,11-14,18-19,22-23H,9-10,15-17H2,1-2H3/t18?,19-,22-,23-/m0/s1. The molecular formula is C24H30O4. The lowest BCUT2D eigenvalue weighted by atomic mass is 10.00. The Morgan fingerprint density at radius 2 is 1.43 bits per heavy atom. The zero-order valence-corrected chi connectivity index (χ0v) is 16.8. The van der Waals surface area contributed by atoms with Gasteiger partial charge in [-0.1, -0.05) is 67.6 Å². The maximum atomic E-state index is 12.3. The summed E-state index contributed by atoms with van der Waals surface area (Å²) in [5.74, 6) is -0.241. The van der Waals surface area contributed by atoms with E-state index in [9.17, 15) is 4.79 Å². The van der Waals surface area contributed by atoms with Gasteiger partial charge in [0.15, 0.2) is 0 Å². The van der Waals surface area contributed by atoms with Crippen LogP contribution < -0.4 is 0 Å². The van der Waals surface area contributed by atoms with Crippen molar-refractivity contribution >= 4 is 5.97 Å². The largest absolute Gasteiger partial charge is 0.460 e. The first-order valence-electron chi connectivity index (χ1n) is 10.1. The maximum Gasteiger partial charge on any atom is 0.309 e. The maximum absolute atomic E-state index is 12.3. The van der Waals surface area contributed by atoms with Gasteiger partial charge >= 0.3 is 5.97 Å². The summed E-state index contributed by atoms with van der Waals surface area (Å²) < 4.78 is 18.3. The van der Waals surface area contributed by atoms with Gasteiger partial charge in [0.05, 0.1) is 25.2 Å². The van der Waals surface area contributed by atoms with E-state index in [4.69, 9.17) is 14.2 Å². The van der Waals surface area contributed by atoms with Crippen molar-refractivity contribution in [3.63, 3.8) is 0 Å². The summed E-state index contributed by atoms with van der Waals surface area (Å²) in [5.41, 5.74) is 2.22. The highest BCUT2D eigenvalue weighted by Gasteiger charge is 2.34. The Labute approximate surface area is 167 Å². The van der Waals surface area contributed by atoms with E-state index >= 15 is 0 Å². The molecule has 1 aliphatic heterocycles. The minimum absolute atomic E-state index is 0.0925. The summed E-state index contributed by atoms with van der Waals surface area (Å²) in [7, 11) is 0. The van der Waals surface area contributed by atoms with Crippen molar-refractivity contribution in [2.45, 2.75) is 64.6 Å². The first-order chi connectivity index (χ1) is 13.6. The van der Waals surface area contributed by atoms with Crippen molar-refractivity contribution in [1.82, 2.24) is 0 Å². The lowest BCUT2D eigenvalue weighted by Crippen LogP contribution is -2.42. The summed E-state index contributed by atoms with van der Waals surface area (Å²) in [6.45, 7) is 4.82. The van der Waals surface area contributed by atoms with Crippen LogP contribution in [0.4, 0.5) is 0 Å². The van der Waals surface area contributed by atoms with Gasteiger partial charge in [-0.05, 0) is 37.3 Å². The summed E-state index contributed by atoms with van der Waals surface area (Å²) in [6.07, 6.45) is 1.76. The van der Waals surface area contributed by atoms with Crippen LogP contribution in [0.5, 0.6) is 0 Å². The number of rotatable bonds is 6. The van der Waals surface area contributed by atoms with Gasteiger partial charge < -0.3 is 14.2 Å². The van der Waals surface area contributed by atoms with Gasteiger partial charge in [0.1, 0.15) is 12.2 Å².